The fourth-order valence-electron chi connectivity index (χ4n) is 1.22. The Morgan fingerprint density at radius 2 is 1.73 bits per heavy atom. The zero-order valence-corrected chi connectivity index (χ0v) is 9.24. The first-order chi connectivity index (χ1) is 7.10. The van der Waals surface area contributed by atoms with E-state index in [0.29, 0.717) is 5.02 Å². The largest absolute Gasteiger partial charge is 0.267 e. The van der Waals surface area contributed by atoms with Gasteiger partial charge < -0.3 is 0 Å². The molecule has 0 aliphatic rings. The summed E-state index contributed by atoms with van der Waals surface area (Å²) in [5.74, 6) is 0. The summed E-state index contributed by atoms with van der Waals surface area (Å²) in [4.78, 5) is 0.247. The molecule has 5 heteroatoms. The maximum atomic E-state index is 12.0. The number of hydrogen-bond donors (Lipinski definition) is 0. The molecule has 78 valence electrons. The molecule has 0 aliphatic heterocycles. The average molecular weight is 242 g/mol. The Kier molecular flexibility index (Phi) is 2.54. The van der Waals surface area contributed by atoms with E-state index in [9.17, 15) is 8.42 Å². The van der Waals surface area contributed by atoms with Crippen LogP contribution in [0, 0.1) is 0 Å². The van der Waals surface area contributed by atoms with Crippen LogP contribution in [0.2, 0.25) is 5.02 Å². The first-order valence-corrected chi connectivity index (χ1v) is 6.06. The predicted octanol–water partition coefficient (Wildman–Crippen LogP) is 2.38. The lowest BCUT2D eigenvalue weighted by atomic mass is 10.4. The Balaban J connectivity index is 2.54. The van der Waals surface area contributed by atoms with E-state index in [4.69, 9.17) is 11.6 Å². The minimum Gasteiger partial charge on any atom is -0.248 e. The molecule has 1 heterocycles. The van der Waals surface area contributed by atoms with Crippen LogP contribution in [-0.2, 0) is 10.0 Å². The molecule has 0 amide bonds. The molecule has 2 aromatic rings. The van der Waals surface area contributed by atoms with E-state index in [1.807, 2.05) is 0 Å². The number of rotatable bonds is 2. The van der Waals surface area contributed by atoms with Crippen molar-refractivity contribution in [3.05, 3.63) is 53.8 Å². The van der Waals surface area contributed by atoms with Crippen LogP contribution in [0.25, 0.3) is 0 Å². The van der Waals surface area contributed by atoms with Gasteiger partial charge in [0.15, 0.2) is 0 Å². The molecule has 0 spiro atoms. The van der Waals surface area contributed by atoms with Gasteiger partial charge in [0.25, 0.3) is 10.0 Å². The second-order valence-corrected chi connectivity index (χ2v) is 5.26. The van der Waals surface area contributed by atoms with Crippen molar-refractivity contribution in [2.24, 2.45) is 0 Å². The van der Waals surface area contributed by atoms with Crippen LogP contribution < -0.4 is 0 Å². The van der Waals surface area contributed by atoms with E-state index in [-0.39, 0.29) is 4.90 Å². The number of benzene rings is 1. The molecule has 0 bridgehead atoms. The Hall–Kier alpha value is -1.26. The fraction of sp³-hybridized carbons (Fsp3) is 0. The molecule has 0 atom stereocenters. The second kappa shape index (κ2) is 3.72. The molecule has 0 saturated carbocycles. The molecule has 2 rings (SSSR count). The second-order valence-electron chi connectivity index (χ2n) is 2.98. The average Bonchev–Trinajstić information content (AvgIpc) is 2.67. The van der Waals surface area contributed by atoms with E-state index in [0.717, 1.165) is 3.97 Å². The maximum absolute atomic E-state index is 12.0. The molecule has 0 saturated heterocycles. The third kappa shape index (κ3) is 1.91. The lowest BCUT2D eigenvalue weighted by Crippen LogP contribution is -2.10. The van der Waals surface area contributed by atoms with Crippen molar-refractivity contribution in [2.45, 2.75) is 4.90 Å². The summed E-state index contributed by atoms with van der Waals surface area (Å²) >= 11 is 5.67. The van der Waals surface area contributed by atoms with Crippen LogP contribution in [0.1, 0.15) is 0 Å². The smallest absolute Gasteiger partial charge is 0.248 e. The third-order valence-corrected chi connectivity index (χ3v) is 3.82. The monoisotopic (exact) mass is 241 g/mol. The first-order valence-electron chi connectivity index (χ1n) is 4.25. The van der Waals surface area contributed by atoms with Crippen molar-refractivity contribution in [1.29, 1.82) is 0 Å². The Labute approximate surface area is 93.0 Å². The van der Waals surface area contributed by atoms with Crippen molar-refractivity contribution < 1.29 is 8.42 Å². The molecule has 3 nitrogen and oxygen atoms in total. The summed E-state index contributed by atoms with van der Waals surface area (Å²) in [5.41, 5.74) is 0. The number of hydrogen-bond acceptors (Lipinski definition) is 2. The van der Waals surface area contributed by atoms with Crippen LogP contribution in [0.3, 0.4) is 0 Å². The predicted molar refractivity (Wildman–Crippen MR) is 58.5 cm³/mol. The Bertz CT molecular complexity index is 560. The standard InChI is InChI=1S/C10H8ClNO2S/c11-9-6-7-12(8-9)15(13,14)10-4-2-1-3-5-10/h1-8H. The van der Waals surface area contributed by atoms with Gasteiger partial charge in [0, 0.05) is 12.4 Å². The summed E-state index contributed by atoms with van der Waals surface area (Å²) in [5, 5.41) is 0.398. The van der Waals surface area contributed by atoms with Crippen molar-refractivity contribution in [1.82, 2.24) is 3.97 Å². The number of halogens is 1. The lowest BCUT2D eigenvalue weighted by Gasteiger charge is -2.04. The molecule has 0 unspecified atom stereocenters. The summed E-state index contributed by atoms with van der Waals surface area (Å²) in [6.07, 6.45) is 2.79. The highest BCUT2D eigenvalue weighted by Crippen LogP contribution is 2.16. The molecule has 0 aliphatic carbocycles. The van der Waals surface area contributed by atoms with E-state index >= 15 is 0 Å². The van der Waals surface area contributed by atoms with Crippen LogP contribution in [0.15, 0.2) is 53.7 Å². The third-order valence-electron chi connectivity index (χ3n) is 1.95. The van der Waals surface area contributed by atoms with Crippen molar-refractivity contribution in [3.63, 3.8) is 0 Å². The summed E-state index contributed by atoms with van der Waals surface area (Å²) < 4.78 is 25.0. The van der Waals surface area contributed by atoms with Crippen molar-refractivity contribution in [3.8, 4) is 0 Å². The summed E-state index contributed by atoms with van der Waals surface area (Å²) in [6, 6.07) is 9.74. The highest BCUT2D eigenvalue weighted by atomic mass is 35.5. The van der Waals surface area contributed by atoms with E-state index in [1.165, 1.54) is 18.5 Å². The lowest BCUT2D eigenvalue weighted by molar-refractivity contribution is 0.587. The van der Waals surface area contributed by atoms with Gasteiger partial charge in [-0.15, -0.1) is 0 Å². The van der Waals surface area contributed by atoms with Gasteiger partial charge in [-0.05, 0) is 18.2 Å². The minimum atomic E-state index is -3.49. The van der Waals surface area contributed by atoms with Gasteiger partial charge in [0.1, 0.15) is 0 Å². The van der Waals surface area contributed by atoms with Gasteiger partial charge in [-0.25, -0.2) is 12.4 Å². The SMILES string of the molecule is O=S(=O)(c1ccccc1)n1ccc(Cl)c1. The normalized spacial score (nSPS) is 11.5. The van der Waals surface area contributed by atoms with Gasteiger partial charge in [0.05, 0.1) is 9.92 Å². The topological polar surface area (TPSA) is 39.1 Å². The van der Waals surface area contributed by atoms with Crippen molar-refractivity contribution >= 4 is 21.6 Å². The summed E-state index contributed by atoms with van der Waals surface area (Å²) in [7, 11) is -3.49. The van der Waals surface area contributed by atoms with E-state index in [1.54, 1.807) is 30.3 Å². The fourth-order valence-corrected chi connectivity index (χ4v) is 2.65. The highest BCUT2D eigenvalue weighted by molar-refractivity contribution is 7.90. The van der Waals surface area contributed by atoms with Crippen molar-refractivity contribution in [2.75, 3.05) is 0 Å². The van der Waals surface area contributed by atoms with Gasteiger partial charge in [-0.3, -0.25) is 0 Å². The van der Waals surface area contributed by atoms with Crippen LogP contribution in [-0.4, -0.2) is 12.4 Å². The molecular formula is C10H8ClNO2S. The molecule has 0 fully saturated rings. The van der Waals surface area contributed by atoms with Gasteiger partial charge in [-0.1, -0.05) is 29.8 Å². The zero-order chi connectivity index (χ0) is 10.9. The molecule has 0 radical (unpaired) electrons. The Morgan fingerprint density at radius 3 is 2.27 bits per heavy atom. The van der Waals surface area contributed by atoms with Gasteiger partial charge in [-0.2, -0.15) is 0 Å². The first kappa shape index (κ1) is 10.3. The van der Waals surface area contributed by atoms with Crippen LogP contribution in [0.5, 0.6) is 0 Å². The molecule has 0 N–H and O–H groups in total. The molecule has 15 heavy (non-hydrogen) atoms. The highest BCUT2D eigenvalue weighted by Gasteiger charge is 2.15. The molecule has 1 aromatic carbocycles. The Morgan fingerprint density at radius 1 is 1.07 bits per heavy atom. The van der Waals surface area contributed by atoms with Gasteiger partial charge >= 0.3 is 0 Å². The minimum absolute atomic E-state index is 0.247. The maximum Gasteiger partial charge on any atom is 0.267 e. The quantitative estimate of drug-likeness (QED) is 0.810. The number of aromatic nitrogens is 1. The summed E-state index contributed by atoms with van der Waals surface area (Å²) in [6.45, 7) is 0. The molecular weight excluding hydrogens is 234 g/mol. The van der Waals surface area contributed by atoms with Crippen LogP contribution >= 0.6 is 11.6 Å². The number of nitrogens with zero attached hydrogens (tertiary/aromatic N) is 1. The van der Waals surface area contributed by atoms with Gasteiger partial charge in [0.2, 0.25) is 0 Å². The van der Waals surface area contributed by atoms with E-state index < -0.39 is 10.0 Å². The van der Waals surface area contributed by atoms with E-state index in [2.05, 4.69) is 0 Å². The molecule has 1 aromatic heterocycles. The van der Waals surface area contributed by atoms with Crippen LogP contribution in [0.4, 0.5) is 0 Å². The zero-order valence-electron chi connectivity index (χ0n) is 7.67.